The van der Waals surface area contributed by atoms with Gasteiger partial charge in [-0.15, -0.1) is 0 Å². The van der Waals surface area contributed by atoms with E-state index in [1.54, 1.807) is 0 Å². The van der Waals surface area contributed by atoms with Crippen LogP contribution in [0.2, 0.25) is 0 Å². The summed E-state index contributed by atoms with van der Waals surface area (Å²) >= 11 is 0. The third-order valence-corrected chi connectivity index (χ3v) is 4.23. The molecule has 0 fully saturated rings. The van der Waals surface area contributed by atoms with Crippen LogP contribution < -0.4 is 9.47 Å². The molecular weight excluding hydrogens is 304 g/mol. The van der Waals surface area contributed by atoms with Gasteiger partial charge in [-0.05, 0) is 38.0 Å². The lowest BCUT2D eigenvalue weighted by molar-refractivity contribution is 0.0621. The van der Waals surface area contributed by atoms with E-state index in [-0.39, 0.29) is 19.0 Å². The lowest BCUT2D eigenvalue weighted by atomic mass is 10.1. The number of Topliss-reactive ketones (excluding diaryl/α,β-unsaturated/α-hetero) is 1. The largest absolute Gasteiger partial charge is 0.490 e. The Labute approximate surface area is 142 Å². The maximum absolute atomic E-state index is 11.7. The minimum absolute atomic E-state index is 0.134. The number of aliphatic hydroxyl groups excluding tert-OH is 1. The molecule has 0 aliphatic heterocycles. The molecule has 0 radical (unpaired) electrons. The van der Waals surface area contributed by atoms with Crippen molar-refractivity contribution in [2.45, 2.75) is 32.8 Å². The van der Waals surface area contributed by atoms with Gasteiger partial charge in [-0.2, -0.15) is 0 Å². The maximum atomic E-state index is 11.7. The second kappa shape index (κ2) is 7.05. The summed E-state index contributed by atoms with van der Waals surface area (Å²) in [6.07, 6.45) is 0.506. The predicted molar refractivity (Wildman–Crippen MR) is 92.0 cm³/mol. The second-order valence-corrected chi connectivity index (χ2v) is 6.25. The Hall–Kier alpha value is -2.33. The lowest BCUT2D eigenvalue weighted by Crippen LogP contribution is -2.25. The Morgan fingerprint density at radius 1 is 1.04 bits per heavy atom. The maximum Gasteiger partial charge on any atom is 0.163 e. The van der Waals surface area contributed by atoms with Crippen molar-refractivity contribution in [2.24, 2.45) is 0 Å². The van der Waals surface area contributed by atoms with E-state index < -0.39 is 6.10 Å². The highest BCUT2D eigenvalue weighted by Crippen LogP contribution is 2.30. The van der Waals surface area contributed by atoms with Crippen LogP contribution in [0, 0.1) is 13.8 Å². The molecule has 0 heterocycles. The number of ketones is 1. The molecule has 0 bridgehead atoms. The molecule has 0 saturated heterocycles. The quantitative estimate of drug-likeness (QED) is 0.885. The molecular formula is C20H22O4. The number of aryl methyl sites for hydroxylation is 2. The first-order valence-corrected chi connectivity index (χ1v) is 8.20. The summed E-state index contributed by atoms with van der Waals surface area (Å²) in [6, 6.07) is 11.4. The van der Waals surface area contributed by atoms with Crippen LogP contribution in [0.4, 0.5) is 0 Å². The molecule has 24 heavy (non-hydrogen) atoms. The smallest absolute Gasteiger partial charge is 0.163 e. The van der Waals surface area contributed by atoms with Crippen LogP contribution in [-0.2, 0) is 6.42 Å². The summed E-state index contributed by atoms with van der Waals surface area (Å²) in [6.45, 7) is 4.31. The zero-order valence-corrected chi connectivity index (χ0v) is 14.0. The number of fused-ring (bicyclic) bond motifs is 1. The molecule has 0 aromatic heterocycles. The van der Waals surface area contributed by atoms with E-state index in [4.69, 9.17) is 9.47 Å². The van der Waals surface area contributed by atoms with Crippen LogP contribution >= 0.6 is 0 Å². The van der Waals surface area contributed by atoms with Gasteiger partial charge in [0.1, 0.15) is 30.8 Å². The van der Waals surface area contributed by atoms with Crippen LogP contribution in [0.25, 0.3) is 0 Å². The Morgan fingerprint density at radius 3 is 2.54 bits per heavy atom. The number of hydrogen-bond acceptors (Lipinski definition) is 4. The highest BCUT2D eigenvalue weighted by molar-refractivity contribution is 6.01. The van der Waals surface area contributed by atoms with Gasteiger partial charge in [0.15, 0.2) is 5.78 Å². The van der Waals surface area contributed by atoms with Crippen molar-refractivity contribution in [3.05, 3.63) is 58.7 Å². The summed E-state index contributed by atoms with van der Waals surface area (Å²) in [5, 5.41) is 10.1. The molecule has 0 unspecified atom stereocenters. The average molecular weight is 326 g/mol. The highest BCUT2D eigenvalue weighted by atomic mass is 16.5. The fraction of sp³-hybridized carbons (Fsp3) is 0.350. The predicted octanol–water partition coefficient (Wildman–Crippen LogP) is 3.25. The van der Waals surface area contributed by atoms with Gasteiger partial charge in [0.25, 0.3) is 0 Å². The van der Waals surface area contributed by atoms with E-state index in [1.165, 1.54) is 5.56 Å². The van der Waals surface area contributed by atoms with Crippen molar-refractivity contribution in [1.29, 1.82) is 0 Å². The average Bonchev–Trinajstić information content (AvgIpc) is 2.94. The molecule has 0 amide bonds. The topological polar surface area (TPSA) is 55.8 Å². The fourth-order valence-electron chi connectivity index (χ4n) is 2.97. The summed E-state index contributed by atoms with van der Waals surface area (Å²) in [5.74, 6) is 1.61. The molecule has 1 atom stereocenters. The van der Waals surface area contributed by atoms with Gasteiger partial charge in [0, 0.05) is 17.5 Å². The second-order valence-electron chi connectivity index (χ2n) is 6.25. The minimum atomic E-state index is -0.737. The number of carbonyl (C=O) groups excluding carboxylic acids is 1. The van der Waals surface area contributed by atoms with Crippen molar-refractivity contribution >= 4 is 5.78 Å². The van der Waals surface area contributed by atoms with Gasteiger partial charge in [0.2, 0.25) is 0 Å². The Bertz CT molecular complexity index is 751. The summed E-state index contributed by atoms with van der Waals surface area (Å²) < 4.78 is 11.4. The number of ether oxygens (including phenoxy) is 2. The van der Waals surface area contributed by atoms with E-state index in [1.807, 2.05) is 50.2 Å². The van der Waals surface area contributed by atoms with E-state index in [9.17, 15) is 9.90 Å². The van der Waals surface area contributed by atoms with Gasteiger partial charge in [-0.3, -0.25) is 4.79 Å². The van der Waals surface area contributed by atoms with Gasteiger partial charge >= 0.3 is 0 Å². The molecule has 4 heteroatoms. The Morgan fingerprint density at radius 2 is 1.79 bits per heavy atom. The molecule has 2 aromatic carbocycles. The van der Waals surface area contributed by atoms with Gasteiger partial charge in [-0.1, -0.05) is 29.8 Å². The SMILES string of the molecule is Cc1ccc(OC[C@H](O)COc2cccc3c2CCC3=O)c(C)c1. The van der Waals surface area contributed by atoms with Crippen molar-refractivity contribution in [3.63, 3.8) is 0 Å². The van der Waals surface area contributed by atoms with Gasteiger partial charge in [-0.25, -0.2) is 0 Å². The van der Waals surface area contributed by atoms with E-state index in [0.717, 1.165) is 22.4 Å². The zero-order chi connectivity index (χ0) is 17.1. The van der Waals surface area contributed by atoms with Crippen molar-refractivity contribution in [2.75, 3.05) is 13.2 Å². The summed E-state index contributed by atoms with van der Waals surface area (Å²) in [4.78, 5) is 11.7. The first kappa shape index (κ1) is 16.5. The van der Waals surface area contributed by atoms with E-state index in [2.05, 4.69) is 0 Å². The third kappa shape index (κ3) is 3.60. The van der Waals surface area contributed by atoms with E-state index >= 15 is 0 Å². The standard InChI is InChI=1S/C20H22O4/c1-13-6-9-19(14(2)10-13)23-11-15(21)12-24-20-5-3-4-16-17(20)7-8-18(16)22/h3-6,9-10,15,21H,7-8,11-12H2,1-2H3/t15-/m0/s1. The molecule has 0 spiro atoms. The monoisotopic (exact) mass is 326 g/mol. The normalized spacial score (nSPS) is 14.4. The van der Waals surface area contributed by atoms with Crippen molar-refractivity contribution < 1.29 is 19.4 Å². The number of aliphatic hydroxyl groups is 1. The van der Waals surface area contributed by atoms with Crippen LogP contribution in [0.15, 0.2) is 36.4 Å². The molecule has 1 aliphatic carbocycles. The summed E-state index contributed by atoms with van der Waals surface area (Å²) in [7, 11) is 0. The molecule has 2 aromatic rings. The molecule has 4 nitrogen and oxygen atoms in total. The number of benzene rings is 2. The molecule has 0 saturated carbocycles. The zero-order valence-electron chi connectivity index (χ0n) is 14.0. The van der Waals surface area contributed by atoms with Crippen LogP contribution in [-0.4, -0.2) is 30.2 Å². The number of rotatable bonds is 6. The molecule has 126 valence electrons. The first-order chi connectivity index (χ1) is 11.5. The first-order valence-electron chi connectivity index (χ1n) is 8.20. The fourth-order valence-corrected chi connectivity index (χ4v) is 2.97. The molecule has 1 aliphatic rings. The molecule has 1 N–H and O–H groups in total. The van der Waals surface area contributed by atoms with Crippen molar-refractivity contribution in [1.82, 2.24) is 0 Å². The Balaban J connectivity index is 1.55. The molecule has 3 rings (SSSR count). The number of carbonyl (C=O) groups is 1. The highest BCUT2D eigenvalue weighted by Gasteiger charge is 2.22. The van der Waals surface area contributed by atoms with E-state index in [0.29, 0.717) is 18.6 Å². The van der Waals surface area contributed by atoms with Gasteiger partial charge < -0.3 is 14.6 Å². The van der Waals surface area contributed by atoms with Crippen LogP contribution in [0.1, 0.15) is 33.5 Å². The minimum Gasteiger partial charge on any atom is -0.490 e. The summed E-state index contributed by atoms with van der Waals surface area (Å²) in [5.41, 5.74) is 3.91. The Kier molecular flexibility index (Phi) is 4.86. The lowest BCUT2D eigenvalue weighted by Gasteiger charge is -2.16. The van der Waals surface area contributed by atoms with Crippen LogP contribution in [0.5, 0.6) is 11.5 Å². The third-order valence-electron chi connectivity index (χ3n) is 4.23. The van der Waals surface area contributed by atoms with Crippen molar-refractivity contribution in [3.8, 4) is 11.5 Å². The van der Waals surface area contributed by atoms with Gasteiger partial charge in [0.05, 0.1) is 0 Å². The van der Waals surface area contributed by atoms with Crippen LogP contribution in [0.3, 0.4) is 0 Å². The number of hydrogen-bond donors (Lipinski definition) is 1.